The van der Waals surface area contributed by atoms with Gasteiger partial charge in [-0.2, -0.15) is 0 Å². The second-order valence-electron chi connectivity index (χ2n) is 6.21. The smallest absolute Gasteiger partial charge is 0.261 e. The molecule has 25 heavy (non-hydrogen) atoms. The summed E-state index contributed by atoms with van der Waals surface area (Å²) in [5.74, 6) is 0.0374. The van der Waals surface area contributed by atoms with Gasteiger partial charge in [-0.25, -0.2) is 0 Å². The van der Waals surface area contributed by atoms with Gasteiger partial charge in [-0.05, 0) is 47.3 Å². The third-order valence-corrected chi connectivity index (χ3v) is 5.63. The molecule has 0 spiro atoms. The zero-order chi connectivity index (χ0) is 18.0. The van der Waals surface area contributed by atoms with E-state index in [1.807, 2.05) is 30.1 Å². The van der Waals surface area contributed by atoms with Gasteiger partial charge in [-0.3, -0.25) is 4.79 Å². The summed E-state index contributed by atoms with van der Waals surface area (Å²) in [5.41, 5.74) is 3.78. The average molecular weight is 399 g/mol. The van der Waals surface area contributed by atoms with Crippen LogP contribution in [0.4, 0.5) is 0 Å². The molecule has 1 aliphatic rings. The molecule has 4 heteroatoms. The monoisotopic (exact) mass is 398 g/mol. The van der Waals surface area contributed by atoms with E-state index < -0.39 is 0 Å². The van der Waals surface area contributed by atoms with Crippen LogP contribution in [0.1, 0.15) is 30.6 Å². The molecule has 0 fully saturated rings. The summed E-state index contributed by atoms with van der Waals surface area (Å²) < 4.78 is 2.91. The van der Waals surface area contributed by atoms with E-state index in [0.29, 0.717) is 4.48 Å². The molecule has 2 aromatic rings. The number of amides is 1. The fourth-order valence-electron chi connectivity index (χ4n) is 3.80. The predicted molar refractivity (Wildman–Crippen MR) is 108 cm³/mol. The number of rotatable bonds is 5. The number of fused-ring (bicyclic) bond motifs is 3. The van der Waals surface area contributed by atoms with Crippen LogP contribution in [0.2, 0.25) is 0 Å². The molecule has 1 unspecified atom stereocenters. The fourth-order valence-corrected chi connectivity index (χ4v) is 4.03. The number of hydrogen-bond donors (Lipinski definition) is 0. The zero-order valence-electron chi connectivity index (χ0n) is 14.5. The molecule has 1 aliphatic heterocycles. The SMILES string of the molecule is C=CCC1c2c(c3ccccc3n2CC=C)CCN1C(=O)/C(Br)=C/C. The maximum absolute atomic E-state index is 12.9. The lowest BCUT2D eigenvalue weighted by atomic mass is 9.95. The van der Waals surface area contributed by atoms with Crippen molar-refractivity contribution in [2.24, 2.45) is 0 Å². The van der Waals surface area contributed by atoms with Crippen LogP contribution < -0.4 is 0 Å². The second-order valence-corrected chi connectivity index (χ2v) is 7.06. The largest absolute Gasteiger partial charge is 0.339 e. The van der Waals surface area contributed by atoms with Gasteiger partial charge >= 0.3 is 0 Å². The lowest BCUT2D eigenvalue weighted by molar-refractivity contribution is -0.129. The van der Waals surface area contributed by atoms with E-state index in [0.717, 1.165) is 25.9 Å². The van der Waals surface area contributed by atoms with Crippen molar-refractivity contribution < 1.29 is 4.79 Å². The molecule has 2 heterocycles. The van der Waals surface area contributed by atoms with Crippen LogP contribution >= 0.6 is 15.9 Å². The molecule has 1 amide bonds. The van der Waals surface area contributed by atoms with Crippen LogP contribution in [0.15, 0.2) is 60.1 Å². The van der Waals surface area contributed by atoms with Gasteiger partial charge in [0.1, 0.15) is 0 Å². The minimum atomic E-state index is -0.00593. The van der Waals surface area contributed by atoms with E-state index in [4.69, 9.17) is 0 Å². The summed E-state index contributed by atoms with van der Waals surface area (Å²) in [7, 11) is 0. The molecule has 1 aromatic heterocycles. The molecule has 130 valence electrons. The molecule has 0 aliphatic carbocycles. The minimum Gasteiger partial charge on any atom is -0.339 e. The number of aromatic nitrogens is 1. The Bertz CT molecular complexity index is 862. The number of hydrogen-bond acceptors (Lipinski definition) is 1. The highest BCUT2D eigenvalue weighted by atomic mass is 79.9. The standard InChI is InChI=1S/C21H23BrN2O/c1-4-9-19-20-16(12-14-24(19)21(25)17(22)6-3)15-10-7-8-11-18(15)23(20)13-5-2/h4-8,10-11,19H,1-2,9,12-14H2,3H3/b17-6-. The summed E-state index contributed by atoms with van der Waals surface area (Å²) in [5, 5.41) is 1.28. The fraction of sp³-hybridized carbons (Fsp3) is 0.286. The average Bonchev–Trinajstić information content (AvgIpc) is 2.96. The van der Waals surface area contributed by atoms with Gasteiger partial charge in [0.15, 0.2) is 0 Å². The summed E-state index contributed by atoms with van der Waals surface area (Å²) >= 11 is 3.40. The van der Waals surface area contributed by atoms with Crippen LogP contribution in [-0.2, 0) is 17.8 Å². The van der Waals surface area contributed by atoms with Crippen molar-refractivity contribution >= 4 is 32.7 Å². The highest BCUT2D eigenvalue weighted by Crippen LogP contribution is 2.39. The Labute approximate surface area is 157 Å². The Kier molecular flexibility index (Phi) is 5.28. The maximum Gasteiger partial charge on any atom is 0.261 e. The molecule has 0 radical (unpaired) electrons. The molecule has 0 N–H and O–H groups in total. The van der Waals surface area contributed by atoms with Gasteiger partial charge in [0, 0.05) is 29.7 Å². The van der Waals surface area contributed by atoms with Crippen molar-refractivity contribution in [2.45, 2.75) is 32.4 Å². The quantitative estimate of drug-likeness (QED) is 0.506. The summed E-state index contributed by atoms with van der Waals surface area (Å²) in [6, 6.07) is 8.47. The third-order valence-electron chi connectivity index (χ3n) is 4.83. The van der Waals surface area contributed by atoms with Gasteiger partial charge in [0.05, 0.1) is 10.5 Å². The zero-order valence-corrected chi connectivity index (χ0v) is 16.1. The molecular formula is C21H23BrN2O. The molecular weight excluding hydrogens is 376 g/mol. The summed E-state index contributed by atoms with van der Waals surface area (Å²) in [6.45, 7) is 11.2. The number of nitrogens with zero attached hydrogens (tertiary/aromatic N) is 2. The van der Waals surface area contributed by atoms with Crippen molar-refractivity contribution in [1.29, 1.82) is 0 Å². The first-order valence-electron chi connectivity index (χ1n) is 8.58. The Morgan fingerprint density at radius 2 is 2.08 bits per heavy atom. The van der Waals surface area contributed by atoms with Crippen LogP contribution in [-0.4, -0.2) is 21.9 Å². The molecule has 3 nitrogen and oxygen atoms in total. The molecule has 1 atom stereocenters. The minimum absolute atomic E-state index is 0.00593. The van der Waals surface area contributed by atoms with Crippen molar-refractivity contribution in [3.8, 4) is 0 Å². The second kappa shape index (κ2) is 7.44. The van der Waals surface area contributed by atoms with Crippen molar-refractivity contribution in [3.05, 3.63) is 71.4 Å². The molecule has 1 aromatic carbocycles. The normalized spacial score (nSPS) is 17.4. The molecule has 0 saturated heterocycles. The number of carbonyl (C=O) groups excluding carboxylic acids is 1. The Morgan fingerprint density at radius 3 is 2.76 bits per heavy atom. The lowest BCUT2D eigenvalue weighted by Crippen LogP contribution is -2.40. The third kappa shape index (κ3) is 2.99. The van der Waals surface area contributed by atoms with Gasteiger partial charge in [-0.15, -0.1) is 13.2 Å². The van der Waals surface area contributed by atoms with Crippen molar-refractivity contribution in [2.75, 3.05) is 6.54 Å². The Hall–Kier alpha value is -2.07. The van der Waals surface area contributed by atoms with Gasteiger partial charge in [0.25, 0.3) is 5.91 Å². The van der Waals surface area contributed by atoms with E-state index in [2.05, 4.69) is 57.9 Å². The number of halogens is 1. The van der Waals surface area contributed by atoms with Gasteiger partial charge in [0.2, 0.25) is 0 Å². The Morgan fingerprint density at radius 1 is 1.32 bits per heavy atom. The van der Waals surface area contributed by atoms with Crippen LogP contribution in [0.3, 0.4) is 0 Å². The van der Waals surface area contributed by atoms with Crippen molar-refractivity contribution in [1.82, 2.24) is 9.47 Å². The number of para-hydroxylation sites is 1. The summed E-state index contributed by atoms with van der Waals surface area (Å²) in [4.78, 5) is 14.8. The first-order valence-corrected chi connectivity index (χ1v) is 9.37. The van der Waals surface area contributed by atoms with E-state index in [-0.39, 0.29) is 11.9 Å². The Balaban J connectivity index is 2.20. The van der Waals surface area contributed by atoms with Crippen LogP contribution in [0, 0.1) is 0 Å². The van der Waals surface area contributed by atoms with E-state index in [1.165, 1.54) is 22.2 Å². The highest BCUT2D eigenvalue weighted by Gasteiger charge is 2.34. The van der Waals surface area contributed by atoms with Crippen molar-refractivity contribution in [3.63, 3.8) is 0 Å². The van der Waals surface area contributed by atoms with Crippen LogP contribution in [0.25, 0.3) is 10.9 Å². The number of benzene rings is 1. The maximum atomic E-state index is 12.9. The number of allylic oxidation sites excluding steroid dienone is 2. The predicted octanol–water partition coefficient (Wildman–Crippen LogP) is 5.13. The van der Waals surface area contributed by atoms with E-state index in [1.54, 1.807) is 0 Å². The lowest BCUT2D eigenvalue weighted by Gasteiger charge is -2.36. The van der Waals surface area contributed by atoms with E-state index >= 15 is 0 Å². The number of carbonyl (C=O) groups is 1. The molecule has 3 rings (SSSR count). The van der Waals surface area contributed by atoms with Gasteiger partial charge in [-0.1, -0.05) is 36.4 Å². The molecule has 0 bridgehead atoms. The highest BCUT2D eigenvalue weighted by molar-refractivity contribution is 9.12. The molecule has 0 saturated carbocycles. The topological polar surface area (TPSA) is 25.2 Å². The first kappa shape index (κ1) is 17.7. The summed E-state index contributed by atoms with van der Waals surface area (Å²) in [6.07, 6.45) is 7.22. The van der Waals surface area contributed by atoms with Crippen LogP contribution in [0.5, 0.6) is 0 Å². The van der Waals surface area contributed by atoms with E-state index in [9.17, 15) is 4.79 Å². The first-order chi connectivity index (χ1) is 12.1. The van der Waals surface area contributed by atoms with Gasteiger partial charge < -0.3 is 9.47 Å².